The quantitative estimate of drug-likeness (QED) is 0.842. The Balaban J connectivity index is 1.51. The van der Waals surface area contributed by atoms with Crippen molar-refractivity contribution >= 4 is 5.91 Å². The van der Waals surface area contributed by atoms with Crippen molar-refractivity contribution < 1.29 is 4.79 Å². The number of hydrogen-bond acceptors (Lipinski definition) is 3. The van der Waals surface area contributed by atoms with Crippen molar-refractivity contribution in [2.75, 3.05) is 0 Å². The Morgan fingerprint density at radius 1 is 1.43 bits per heavy atom. The molecule has 6 nitrogen and oxygen atoms in total. The molecule has 2 aromatic rings. The van der Waals surface area contributed by atoms with Crippen LogP contribution in [0.3, 0.4) is 0 Å². The Morgan fingerprint density at radius 3 is 2.90 bits per heavy atom. The number of nitrogens with zero attached hydrogens (tertiary/aromatic N) is 4. The molecule has 1 N–H and O–H groups in total. The van der Waals surface area contributed by atoms with E-state index in [4.69, 9.17) is 0 Å². The summed E-state index contributed by atoms with van der Waals surface area (Å²) in [7, 11) is 1.97. The third-order valence-electron chi connectivity index (χ3n) is 3.90. The van der Waals surface area contributed by atoms with E-state index >= 15 is 0 Å². The second-order valence-corrected chi connectivity index (χ2v) is 5.65. The van der Waals surface area contributed by atoms with Gasteiger partial charge in [0.05, 0.1) is 6.04 Å². The highest BCUT2D eigenvalue weighted by molar-refractivity contribution is 5.76. The molecule has 0 aromatic carbocycles. The fraction of sp³-hybridized carbons (Fsp3) is 0.533. The van der Waals surface area contributed by atoms with E-state index in [0.29, 0.717) is 12.3 Å². The fourth-order valence-corrected chi connectivity index (χ4v) is 2.58. The van der Waals surface area contributed by atoms with Gasteiger partial charge in [-0.3, -0.25) is 9.48 Å². The van der Waals surface area contributed by atoms with E-state index in [1.807, 2.05) is 34.8 Å². The molecule has 0 saturated heterocycles. The van der Waals surface area contributed by atoms with E-state index < -0.39 is 0 Å². The maximum Gasteiger partial charge on any atom is 0.220 e. The molecule has 2 heterocycles. The van der Waals surface area contributed by atoms with Crippen LogP contribution in [0.2, 0.25) is 0 Å². The van der Waals surface area contributed by atoms with E-state index in [0.717, 1.165) is 18.8 Å². The first kappa shape index (κ1) is 13.9. The molecule has 21 heavy (non-hydrogen) atoms. The van der Waals surface area contributed by atoms with Crippen LogP contribution in [0.15, 0.2) is 30.9 Å². The first-order chi connectivity index (χ1) is 10.2. The van der Waals surface area contributed by atoms with Gasteiger partial charge in [0.2, 0.25) is 5.91 Å². The van der Waals surface area contributed by atoms with Crippen molar-refractivity contribution in [2.45, 2.75) is 38.3 Å². The predicted molar refractivity (Wildman–Crippen MR) is 78.3 cm³/mol. The smallest absolute Gasteiger partial charge is 0.220 e. The number of hydrogen-bond donors (Lipinski definition) is 1. The number of carbonyl (C=O) groups excluding carboxylic acids is 1. The lowest BCUT2D eigenvalue weighted by molar-refractivity contribution is -0.122. The zero-order chi connectivity index (χ0) is 14.7. The molecule has 1 aliphatic rings. The van der Waals surface area contributed by atoms with Crippen molar-refractivity contribution in [3.63, 3.8) is 0 Å². The third-order valence-corrected chi connectivity index (χ3v) is 3.90. The molecule has 1 aliphatic carbocycles. The Morgan fingerprint density at radius 2 is 2.29 bits per heavy atom. The van der Waals surface area contributed by atoms with Crippen LogP contribution in [0, 0.1) is 5.92 Å². The number of imidazole rings is 1. The molecule has 2 aromatic heterocycles. The van der Waals surface area contributed by atoms with Gasteiger partial charge < -0.3 is 9.88 Å². The van der Waals surface area contributed by atoms with Crippen LogP contribution >= 0.6 is 0 Å². The summed E-state index contributed by atoms with van der Waals surface area (Å²) in [6.07, 6.45) is 11.0. The highest BCUT2D eigenvalue weighted by atomic mass is 16.1. The summed E-state index contributed by atoms with van der Waals surface area (Å²) in [4.78, 5) is 16.5. The lowest BCUT2D eigenvalue weighted by atomic mass is 10.1. The first-order valence-corrected chi connectivity index (χ1v) is 7.48. The van der Waals surface area contributed by atoms with Crippen LogP contribution < -0.4 is 5.32 Å². The van der Waals surface area contributed by atoms with Crippen molar-refractivity contribution in [1.82, 2.24) is 24.6 Å². The van der Waals surface area contributed by atoms with Crippen LogP contribution in [-0.4, -0.2) is 25.2 Å². The van der Waals surface area contributed by atoms with Crippen LogP contribution in [0.1, 0.15) is 37.5 Å². The molecule has 1 atom stereocenters. The minimum Gasteiger partial charge on any atom is -0.346 e. The number of amides is 1. The minimum atomic E-state index is 0.0576. The van der Waals surface area contributed by atoms with Gasteiger partial charge in [-0.1, -0.05) is 0 Å². The average molecular weight is 287 g/mol. The molecule has 6 heteroatoms. The monoisotopic (exact) mass is 287 g/mol. The first-order valence-electron chi connectivity index (χ1n) is 7.48. The summed E-state index contributed by atoms with van der Waals surface area (Å²) in [5.41, 5.74) is 0. The normalized spacial score (nSPS) is 15.9. The van der Waals surface area contributed by atoms with Crippen LogP contribution in [0.4, 0.5) is 0 Å². The summed E-state index contributed by atoms with van der Waals surface area (Å²) >= 11 is 0. The Bertz CT molecular complexity index is 585. The van der Waals surface area contributed by atoms with Crippen LogP contribution in [0.5, 0.6) is 0 Å². The lowest BCUT2D eigenvalue weighted by Gasteiger charge is -2.18. The van der Waals surface area contributed by atoms with Gasteiger partial charge >= 0.3 is 0 Å². The number of aromatic nitrogens is 4. The molecule has 0 bridgehead atoms. The molecule has 1 fully saturated rings. The number of aryl methyl sites for hydroxylation is 2. The van der Waals surface area contributed by atoms with Gasteiger partial charge in [0.25, 0.3) is 0 Å². The highest BCUT2D eigenvalue weighted by Crippen LogP contribution is 2.40. The number of carbonyl (C=O) groups is 1. The molecular formula is C15H21N5O. The number of nitrogens with one attached hydrogen (secondary N) is 1. The average Bonchev–Trinajstić information content (AvgIpc) is 3.01. The van der Waals surface area contributed by atoms with Crippen LogP contribution in [0.25, 0.3) is 0 Å². The van der Waals surface area contributed by atoms with Gasteiger partial charge in [-0.15, -0.1) is 0 Å². The van der Waals surface area contributed by atoms with Crippen LogP contribution in [-0.2, 0) is 18.4 Å². The van der Waals surface area contributed by atoms with Crippen molar-refractivity contribution in [3.05, 3.63) is 36.7 Å². The second kappa shape index (κ2) is 6.11. The SMILES string of the molecule is Cn1ccnc1[C@H](NC(=O)CCCn1cccn1)C1CC1. The summed E-state index contributed by atoms with van der Waals surface area (Å²) in [5, 5.41) is 7.29. The fourth-order valence-electron chi connectivity index (χ4n) is 2.58. The maximum absolute atomic E-state index is 12.1. The van der Waals surface area contributed by atoms with E-state index in [2.05, 4.69) is 15.4 Å². The maximum atomic E-state index is 12.1. The van der Waals surface area contributed by atoms with E-state index in [1.54, 1.807) is 12.4 Å². The second-order valence-electron chi connectivity index (χ2n) is 5.65. The van der Waals surface area contributed by atoms with Gasteiger partial charge in [-0.25, -0.2) is 4.98 Å². The molecule has 0 unspecified atom stereocenters. The summed E-state index contributed by atoms with van der Waals surface area (Å²) < 4.78 is 3.84. The molecule has 0 radical (unpaired) electrons. The highest BCUT2D eigenvalue weighted by Gasteiger charge is 2.35. The third kappa shape index (κ3) is 3.51. The Labute approximate surface area is 124 Å². The number of rotatable bonds is 7. The summed E-state index contributed by atoms with van der Waals surface area (Å²) in [5.74, 6) is 1.60. The molecular weight excluding hydrogens is 266 g/mol. The molecule has 1 amide bonds. The summed E-state index contributed by atoms with van der Waals surface area (Å²) in [6, 6.07) is 1.95. The Hall–Kier alpha value is -2.11. The molecule has 0 aliphatic heterocycles. The van der Waals surface area contributed by atoms with Crippen molar-refractivity contribution in [2.24, 2.45) is 13.0 Å². The van der Waals surface area contributed by atoms with E-state index in [1.165, 1.54) is 12.8 Å². The standard InChI is InChI=1S/C15H21N5O/c1-19-11-8-16-15(19)14(12-5-6-12)18-13(21)4-2-9-20-10-3-7-17-20/h3,7-8,10-12,14H,2,4-6,9H2,1H3,(H,18,21)/t14-/m1/s1. The van der Waals surface area contributed by atoms with Gasteiger partial charge in [0.15, 0.2) is 0 Å². The zero-order valence-corrected chi connectivity index (χ0v) is 12.3. The molecule has 0 spiro atoms. The van der Waals surface area contributed by atoms with Gasteiger partial charge in [0.1, 0.15) is 5.82 Å². The molecule has 1 saturated carbocycles. The van der Waals surface area contributed by atoms with E-state index in [-0.39, 0.29) is 11.9 Å². The lowest BCUT2D eigenvalue weighted by Crippen LogP contribution is -2.31. The Kier molecular flexibility index (Phi) is 4.03. The van der Waals surface area contributed by atoms with Crippen molar-refractivity contribution in [1.29, 1.82) is 0 Å². The predicted octanol–water partition coefficient (Wildman–Crippen LogP) is 1.66. The minimum absolute atomic E-state index is 0.0576. The van der Waals surface area contributed by atoms with Crippen molar-refractivity contribution in [3.8, 4) is 0 Å². The van der Waals surface area contributed by atoms with Gasteiger partial charge in [0, 0.05) is 44.8 Å². The summed E-state index contributed by atoms with van der Waals surface area (Å²) in [6.45, 7) is 0.775. The molecule has 112 valence electrons. The molecule has 3 rings (SSSR count). The largest absolute Gasteiger partial charge is 0.346 e. The van der Waals surface area contributed by atoms with E-state index in [9.17, 15) is 4.79 Å². The van der Waals surface area contributed by atoms with Gasteiger partial charge in [-0.2, -0.15) is 5.10 Å². The topological polar surface area (TPSA) is 64.7 Å². The van der Waals surface area contributed by atoms with Gasteiger partial charge in [-0.05, 0) is 31.2 Å². The zero-order valence-electron chi connectivity index (χ0n) is 12.3.